The van der Waals surface area contributed by atoms with E-state index in [9.17, 15) is 9.59 Å². The van der Waals surface area contributed by atoms with Gasteiger partial charge in [-0.3, -0.25) is 9.36 Å². The number of rotatable bonds is 8. The van der Waals surface area contributed by atoms with Gasteiger partial charge in [0.25, 0.3) is 5.56 Å². The number of aromatic nitrogens is 1. The number of thiazole rings is 1. The fourth-order valence-electron chi connectivity index (χ4n) is 4.32. The number of terminal acetylenes is 1. The van der Waals surface area contributed by atoms with Gasteiger partial charge in [-0.05, 0) is 42.1 Å². The van der Waals surface area contributed by atoms with E-state index in [1.807, 2.05) is 53.9 Å². The number of fused-ring (bicyclic) bond motifs is 1. The molecule has 196 valence electrons. The number of carbonyl (C=O) groups excluding carboxylic acids is 1. The van der Waals surface area contributed by atoms with E-state index < -0.39 is 12.0 Å². The molecule has 0 fully saturated rings. The SMILES string of the molecule is C#CCOc1ccc(/C=c2\sc3n(c2=O)[C@H](c2cccs2)C(C(=O)OCC)=C(c2ccccc2)N=3)cc1OC. The molecule has 0 spiro atoms. The first-order chi connectivity index (χ1) is 19.0. The summed E-state index contributed by atoms with van der Waals surface area (Å²) in [6.45, 7) is 2.07. The van der Waals surface area contributed by atoms with Gasteiger partial charge >= 0.3 is 5.97 Å². The fourth-order valence-corrected chi connectivity index (χ4v) is 6.14. The Bertz CT molecular complexity index is 1760. The molecule has 7 nitrogen and oxygen atoms in total. The lowest BCUT2D eigenvalue weighted by Crippen LogP contribution is -2.39. The Morgan fingerprint density at radius 3 is 2.67 bits per heavy atom. The molecule has 1 atom stereocenters. The van der Waals surface area contributed by atoms with E-state index in [1.54, 1.807) is 36.8 Å². The normalized spacial score (nSPS) is 14.8. The topological polar surface area (TPSA) is 79.1 Å². The monoisotopic (exact) mass is 556 g/mol. The van der Waals surface area contributed by atoms with E-state index in [2.05, 4.69) is 5.92 Å². The van der Waals surface area contributed by atoms with Crippen molar-refractivity contribution in [3.8, 4) is 23.8 Å². The minimum atomic E-state index is -0.674. The molecule has 0 unspecified atom stereocenters. The van der Waals surface area contributed by atoms with Gasteiger partial charge in [-0.1, -0.05) is 59.7 Å². The van der Waals surface area contributed by atoms with Crippen LogP contribution >= 0.6 is 22.7 Å². The highest BCUT2D eigenvalue weighted by atomic mass is 32.1. The Kier molecular flexibility index (Phi) is 7.77. The van der Waals surface area contributed by atoms with Crippen LogP contribution in [0.1, 0.15) is 29.0 Å². The van der Waals surface area contributed by atoms with E-state index in [-0.39, 0.29) is 18.8 Å². The molecule has 0 bridgehead atoms. The number of methoxy groups -OCH3 is 1. The Morgan fingerprint density at radius 2 is 1.97 bits per heavy atom. The Labute approximate surface area is 233 Å². The van der Waals surface area contributed by atoms with Gasteiger partial charge in [-0.2, -0.15) is 0 Å². The number of thiophene rings is 1. The number of hydrogen-bond acceptors (Lipinski definition) is 8. The molecule has 0 amide bonds. The molecule has 2 aromatic heterocycles. The maximum absolute atomic E-state index is 13.9. The number of nitrogens with zero attached hydrogens (tertiary/aromatic N) is 2. The first-order valence-corrected chi connectivity index (χ1v) is 13.8. The molecule has 39 heavy (non-hydrogen) atoms. The largest absolute Gasteiger partial charge is 0.493 e. The molecular formula is C30H24N2O5S2. The van der Waals surface area contributed by atoms with E-state index in [0.29, 0.717) is 32.1 Å². The zero-order chi connectivity index (χ0) is 27.4. The second-order valence-electron chi connectivity index (χ2n) is 8.35. The second-order valence-corrected chi connectivity index (χ2v) is 10.3. The van der Waals surface area contributed by atoms with Crippen molar-refractivity contribution in [1.29, 1.82) is 0 Å². The highest BCUT2D eigenvalue weighted by Gasteiger charge is 2.35. The summed E-state index contributed by atoms with van der Waals surface area (Å²) >= 11 is 2.73. The zero-order valence-electron chi connectivity index (χ0n) is 21.2. The molecule has 5 rings (SSSR count). The van der Waals surface area contributed by atoms with Gasteiger partial charge in [-0.25, -0.2) is 9.79 Å². The molecule has 1 aliphatic heterocycles. The molecule has 0 saturated carbocycles. The zero-order valence-corrected chi connectivity index (χ0v) is 22.9. The van der Waals surface area contributed by atoms with Crippen molar-refractivity contribution in [3.05, 3.63) is 107 Å². The van der Waals surface area contributed by atoms with Crippen LogP contribution in [0.5, 0.6) is 11.5 Å². The fraction of sp³-hybridized carbons (Fsp3) is 0.167. The summed E-state index contributed by atoms with van der Waals surface area (Å²) in [7, 11) is 1.54. The molecule has 0 N–H and O–H groups in total. The summed E-state index contributed by atoms with van der Waals surface area (Å²) in [5.74, 6) is 2.94. The van der Waals surface area contributed by atoms with Crippen LogP contribution in [0, 0.1) is 12.3 Å². The smallest absolute Gasteiger partial charge is 0.338 e. The van der Waals surface area contributed by atoms with Crippen molar-refractivity contribution in [2.45, 2.75) is 13.0 Å². The van der Waals surface area contributed by atoms with Crippen LogP contribution in [-0.4, -0.2) is 30.9 Å². The van der Waals surface area contributed by atoms with E-state index in [1.165, 1.54) is 22.7 Å². The molecule has 2 aromatic carbocycles. The van der Waals surface area contributed by atoms with Crippen molar-refractivity contribution in [1.82, 2.24) is 4.57 Å². The molecule has 1 aliphatic rings. The molecule has 0 aliphatic carbocycles. The summed E-state index contributed by atoms with van der Waals surface area (Å²) in [5, 5.41) is 1.92. The average molecular weight is 557 g/mol. The maximum atomic E-state index is 13.9. The van der Waals surface area contributed by atoms with Crippen molar-refractivity contribution in [2.75, 3.05) is 20.3 Å². The highest BCUT2D eigenvalue weighted by Crippen LogP contribution is 2.37. The summed E-state index contributed by atoms with van der Waals surface area (Å²) in [6, 6.07) is 18.0. The summed E-state index contributed by atoms with van der Waals surface area (Å²) in [4.78, 5) is 33.5. The van der Waals surface area contributed by atoms with Crippen LogP contribution in [0.25, 0.3) is 11.8 Å². The lowest BCUT2D eigenvalue weighted by atomic mass is 9.97. The van der Waals surface area contributed by atoms with Crippen molar-refractivity contribution in [3.63, 3.8) is 0 Å². The number of esters is 1. The van der Waals surface area contributed by atoms with Gasteiger partial charge in [0, 0.05) is 10.4 Å². The van der Waals surface area contributed by atoms with Gasteiger partial charge in [0.05, 0.1) is 29.5 Å². The van der Waals surface area contributed by atoms with E-state index >= 15 is 0 Å². The average Bonchev–Trinajstić information content (AvgIpc) is 3.60. The highest BCUT2D eigenvalue weighted by molar-refractivity contribution is 7.10. The molecular weight excluding hydrogens is 532 g/mol. The summed E-state index contributed by atoms with van der Waals surface area (Å²) in [6.07, 6.45) is 7.08. The van der Waals surface area contributed by atoms with Gasteiger partial charge < -0.3 is 14.2 Å². The Hall–Kier alpha value is -4.39. The van der Waals surface area contributed by atoms with E-state index in [4.69, 9.17) is 25.6 Å². The molecule has 0 saturated heterocycles. The Balaban J connectivity index is 1.72. The Morgan fingerprint density at radius 1 is 1.15 bits per heavy atom. The first-order valence-electron chi connectivity index (χ1n) is 12.1. The molecule has 0 radical (unpaired) electrons. The number of ether oxygens (including phenoxy) is 3. The standard InChI is InChI=1S/C30H24N2O5S2/c1-4-15-37-21-14-13-19(17-22(21)35-3)18-24-28(33)32-27(23-12-9-16-38-23)25(29(34)36-5-2)26(31-30(32)39-24)20-10-7-6-8-11-20/h1,6-14,16-18,27H,5,15H2,2-3H3/b24-18-/t27-/m1/s1. The third kappa shape index (κ3) is 5.17. The van der Waals surface area contributed by atoms with Crippen LogP contribution in [0.4, 0.5) is 0 Å². The van der Waals surface area contributed by atoms with Gasteiger partial charge in [0.15, 0.2) is 16.3 Å². The first kappa shape index (κ1) is 26.2. The van der Waals surface area contributed by atoms with Crippen molar-refractivity contribution < 1.29 is 19.0 Å². The third-order valence-corrected chi connectivity index (χ3v) is 7.89. The van der Waals surface area contributed by atoms with E-state index in [0.717, 1.165) is 16.0 Å². The maximum Gasteiger partial charge on any atom is 0.338 e. The number of carbonyl (C=O) groups is 1. The van der Waals surface area contributed by atoms with Crippen LogP contribution < -0.4 is 24.4 Å². The molecule has 3 heterocycles. The van der Waals surface area contributed by atoms with Crippen LogP contribution in [0.3, 0.4) is 0 Å². The molecule has 4 aromatic rings. The van der Waals surface area contributed by atoms with Crippen molar-refractivity contribution in [2.24, 2.45) is 4.99 Å². The number of hydrogen-bond donors (Lipinski definition) is 0. The van der Waals surface area contributed by atoms with Crippen LogP contribution in [-0.2, 0) is 9.53 Å². The van der Waals surface area contributed by atoms with Crippen LogP contribution in [0.15, 0.2) is 81.4 Å². The molecule has 9 heteroatoms. The lowest BCUT2D eigenvalue weighted by molar-refractivity contribution is -0.138. The predicted octanol–water partition coefficient (Wildman–Crippen LogP) is 4.02. The van der Waals surface area contributed by atoms with Gasteiger partial charge in [0.2, 0.25) is 0 Å². The number of benzene rings is 2. The third-order valence-electron chi connectivity index (χ3n) is 5.98. The summed E-state index contributed by atoms with van der Waals surface area (Å²) < 4.78 is 18.5. The van der Waals surface area contributed by atoms with Crippen LogP contribution in [0.2, 0.25) is 0 Å². The van der Waals surface area contributed by atoms with Gasteiger partial charge in [0.1, 0.15) is 12.6 Å². The second kappa shape index (κ2) is 11.6. The summed E-state index contributed by atoms with van der Waals surface area (Å²) in [5.41, 5.74) is 2.09. The minimum Gasteiger partial charge on any atom is -0.493 e. The lowest BCUT2D eigenvalue weighted by Gasteiger charge is -2.24. The quantitative estimate of drug-likeness (QED) is 0.242. The predicted molar refractivity (Wildman–Crippen MR) is 153 cm³/mol. The minimum absolute atomic E-state index is 0.115. The van der Waals surface area contributed by atoms with Gasteiger partial charge in [-0.15, -0.1) is 17.8 Å². The van der Waals surface area contributed by atoms with Crippen molar-refractivity contribution >= 4 is 40.4 Å².